The van der Waals surface area contributed by atoms with Crippen LogP contribution in [0.4, 0.5) is 10.1 Å². The molecule has 0 saturated heterocycles. The van der Waals surface area contributed by atoms with Gasteiger partial charge < -0.3 is 19.9 Å². The van der Waals surface area contributed by atoms with Gasteiger partial charge in [0.15, 0.2) is 5.57 Å². The van der Waals surface area contributed by atoms with E-state index in [0.717, 1.165) is 12.8 Å². The number of allylic oxidation sites excluding steroid dienone is 1. The van der Waals surface area contributed by atoms with Gasteiger partial charge in [0.1, 0.15) is 29.1 Å². The molecule has 0 saturated carbocycles. The average molecular weight is 412 g/mol. The van der Waals surface area contributed by atoms with E-state index >= 15 is 0 Å². The van der Waals surface area contributed by atoms with Crippen LogP contribution in [-0.4, -0.2) is 24.2 Å². The first-order valence-electron chi connectivity index (χ1n) is 9.60. The highest BCUT2D eigenvalue weighted by Crippen LogP contribution is 2.37. The van der Waals surface area contributed by atoms with E-state index in [-0.39, 0.29) is 11.8 Å². The number of methoxy groups -OCH3 is 1. The minimum absolute atomic E-state index is 0.0994. The van der Waals surface area contributed by atoms with Crippen LogP contribution in [0.2, 0.25) is 0 Å². The molecule has 0 aliphatic rings. The van der Waals surface area contributed by atoms with Crippen molar-refractivity contribution in [3.63, 3.8) is 0 Å². The number of nitriles is 1. The molecule has 0 aliphatic carbocycles. The van der Waals surface area contributed by atoms with Crippen molar-refractivity contribution in [1.82, 2.24) is 0 Å². The Morgan fingerprint density at radius 2 is 1.97 bits per heavy atom. The largest absolute Gasteiger partial charge is 0.511 e. The number of aliphatic hydroxyl groups excluding tert-OH is 1. The number of halogens is 1. The normalized spacial score (nSPS) is 11.5. The number of ether oxygens (including phenoxy) is 2. The SMILES string of the molecule is CCC(CC)Oc1cc(NC(=O)/C(C#N)=C(/C)O)c(F)cc1-c1cccc(OC)c1. The molecule has 2 aromatic carbocycles. The molecule has 7 heteroatoms. The van der Waals surface area contributed by atoms with Crippen LogP contribution in [0.5, 0.6) is 11.5 Å². The molecule has 0 spiro atoms. The number of anilines is 1. The lowest BCUT2D eigenvalue weighted by atomic mass is 10.0. The van der Waals surface area contributed by atoms with Crippen LogP contribution in [0, 0.1) is 17.1 Å². The van der Waals surface area contributed by atoms with Crippen molar-refractivity contribution in [2.45, 2.75) is 39.7 Å². The minimum atomic E-state index is -0.904. The van der Waals surface area contributed by atoms with Gasteiger partial charge in [-0.05, 0) is 43.5 Å². The molecular formula is C23H25FN2O4. The predicted molar refractivity (Wildman–Crippen MR) is 113 cm³/mol. The van der Waals surface area contributed by atoms with Gasteiger partial charge in [0.2, 0.25) is 0 Å². The van der Waals surface area contributed by atoms with Gasteiger partial charge in [0, 0.05) is 11.6 Å². The summed E-state index contributed by atoms with van der Waals surface area (Å²) in [6.07, 6.45) is 1.40. The van der Waals surface area contributed by atoms with Gasteiger partial charge in [0.25, 0.3) is 5.91 Å². The zero-order chi connectivity index (χ0) is 22.3. The zero-order valence-electron chi connectivity index (χ0n) is 17.5. The number of carbonyl (C=O) groups is 1. The number of nitrogens with one attached hydrogen (secondary N) is 1. The number of benzene rings is 2. The molecule has 0 fully saturated rings. The molecule has 0 atom stereocenters. The second kappa shape index (κ2) is 10.3. The Hall–Kier alpha value is -3.53. The highest BCUT2D eigenvalue weighted by atomic mass is 19.1. The van der Waals surface area contributed by atoms with E-state index in [1.54, 1.807) is 37.4 Å². The van der Waals surface area contributed by atoms with E-state index in [1.807, 2.05) is 13.8 Å². The first-order valence-corrected chi connectivity index (χ1v) is 9.60. The van der Waals surface area contributed by atoms with Crippen molar-refractivity contribution < 1.29 is 23.8 Å². The lowest BCUT2D eigenvalue weighted by molar-refractivity contribution is -0.112. The highest BCUT2D eigenvalue weighted by molar-refractivity contribution is 6.07. The number of amides is 1. The topological polar surface area (TPSA) is 91.6 Å². The van der Waals surface area contributed by atoms with Crippen LogP contribution in [0.15, 0.2) is 47.7 Å². The Morgan fingerprint density at radius 1 is 1.27 bits per heavy atom. The summed E-state index contributed by atoms with van der Waals surface area (Å²) in [5, 5.41) is 20.8. The molecule has 1 amide bonds. The number of nitrogens with zero attached hydrogens (tertiary/aromatic N) is 1. The summed E-state index contributed by atoms with van der Waals surface area (Å²) in [4.78, 5) is 12.2. The van der Waals surface area contributed by atoms with E-state index < -0.39 is 23.1 Å². The number of hydrogen-bond acceptors (Lipinski definition) is 5. The second-order valence-corrected chi connectivity index (χ2v) is 6.64. The number of aliphatic hydroxyl groups is 1. The van der Waals surface area contributed by atoms with Crippen molar-refractivity contribution in [3.05, 3.63) is 53.5 Å². The molecular weight excluding hydrogens is 387 g/mol. The quantitative estimate of drug-likeness (QED) is 0.346. The van der Waals surface area contributed by atoms with Gasteiger partial charge in [-0.15, -0.1) is 0 Å². The molecule has 2 aromatic rings. The summed E-state index contributed by atoms with van der Waals surface area (Å²) in [5.74, 6) is -1.06. The minimum Gasteiger partial charge on any atom is -0.511 e. The standard InChI is InChI=1S/C23H25FN2O4/c1-5-16(6-2)30-22-12-21(26-23(28)19(13-25)14(3)27)20(24)11-18(22)15-8-7-9-17(10-15)29-4/h7-12,16,27H,5-6H2,1-4H3,(H,26,28)/b19-14-. The second-order valence-electron chi connectivity index (χ2n) is 6.64. The predicted octanol–water partition coefficient (Wildman–Crippen LogP) is 5.36. The molecule has 0 bridgehead atoms. The number of rotatable bonds is 8. The van der Waals surface area contributed by atoms with Crippen LogP contribution in [-0.2, 0) is 4.79 Å². The lowest BCUT2D eigenvalue weighted by Gasteiger charge is -2.20. The monoisotopic (exact) mass is 412 g/mol. The summed E-state index contributed by atoms with van der Waals surface area (Å²) < 4.78 is 26.2. The molecule has 2 rings (SSSR count). The lowest BCUT2D eigenvalue weighted by Crippen LogP contribution is -2.17. The van der Waals surface area contributed by atoms with Gasteiger partial charge >= 0.3 is 0 Å². The fraction of sp³-hybridized carbons (Fsp3) is 0.304. The zero-order valence-corrected chi connectivity index (χ0v) is 17.5. The van der Waals surface area contributed by atoms with E-state index in [2.05, 4.69) is 5.32 Å². The molecule has 158 valence electrons. The van der Waals surface area contributed by atoms with Crippen LogP contribution in [0.25, 0.3) is 11.1 Å². The average Bonchev–Trinajstić information content (AvgIpc) is 2.74. The van der Waals surface area contributed by atoms with Crippen molar-refractivity contribution in [2.24, 2.45) is 0 Å². The van der Waals surface area contributed by atoms with Gasteiger partial charge in [-0.2, -0.15) is 5.26 Å². The summed E-state index contributed by atoms with van der Waals surface area (Å²) in [6.45, 7) is 5.18. The summed E-state index contributed by atoms with van der Waals surface area (Å²) >= 11 is 0. The van der Waals surface area contributed by atoms with E-state index in [0.29, 0.717) is 22.6 Å². The summed E-state index contributed by atoms with van der Waals surface area (Å²) in [7, 11) is 1.55. The summed E-state index contributed by atoms with van der Waals surface area (Å²) in [5.41, 5.74) is 0.553. The van der Waals surface area contributed by atoms with Crippen LogP contribution in [0.3, 0.4) is 0 Å². The third-order valence-corrected chi connectivity index (χ3v) is 4.60. The van der Waals surface area contributed by atoms with Crippen molar-refractivity contribution in [2.75, 3.05) is 12.4 Å². The highest BCUT2D eigenvalue weighted by Gasteiger charge is 2.19. The van der Waals surface area contributed by atoms with Gasteiger partial charge in [-0.3, -0.25) is 4.79 Å². The molecule has 0 unspecified atom stereocenters. The van der Waals surface area contributed by atoms with Crippen molar-refractivity contribution in [3.8, 4) is 28.7 Å². The smallest absolute Gasteiger partial charge is 0.269 e. The first-order chi connectivity index (χ1) is 14.3. The molecule has 6 nitrogen and oxygen atoms in total. The molecule has 0 aromatic heterocycles. The van der Waals surface area contributed by atoms with Crippen molar-refractivity contribution >= 4 is 11.6 Å². The van der Waals surface area contributed by atoms with Crippen molar-refractivity contribution in [1.29, 1.82) is 5.26 Å². The Morgan fingerprint density at radius 3 is 2.53 bits per heavy atom. The third-order valence-electron chi connectivity index (χ3n) is 4.60. The maximum Gasteiger partial charge on any atom is 0.269 e. The van der Waals surface area contributed by atoms with E-state index in [4.69, 9.17) is 14.7 Å². The maximum atomic E-state index is 14.9. The third kappa shape index (κ3) is 5.29. The molecule has 0 heterocycles. The molecule has 0 radical (unpaired) electrons. The van der Waals surface area contributed by atoms with Crippen LogP contribution in [0.1, 0.15) is 33.6 Å². The number of carbonyl (C=O) groups excluding carboxylic acids is 1. The van der Waals surface area contributed by atoms with Gasteiger partial charge in [-0.25, -0.2) is 4.39 Å². The number of hydrogen-bond donors (Lipinski definition) is 2. The van der Waals surface area contributed by atoms with E-state index in [1.165, 1.54) is 19.1 Å². The molecule has 0 aliphatic heterocycles. The Labute approximate surface area is 175 Å². The van der Waals surface area contributed by atoms with Crippen LogP contribution < -0.4 is 14.8 Å². The summed E-state index contributed by atoms with van der Waals surface area (Å²) in [6, 6.07) is 11.4. The molecule has 2 N–H and O–H groups in total. The maximum absolute atomic E-state index is 14.9. The van der Waals surface area contributed by atoms with Gasteiger partial charge in [0.05, 0.1) is 18.9 Å². The Bertz CT molecular complexity index is 987. The Kier molecular flexibility index (Phi) is 7.82. The fourth-order valence-corrected chi connectivity index (χ4v) is 2.88. The van der Waals surface area contributed by atoms with Gasteiger partial charge in [-0.1, -0.05) is 26.0 Å². The Balaban J connectivity index is 2.55. The molecule has 30 heavy (non-hydrogen) atoms. The van der Waals surface area contributed by atoms with E-state index in [9.17, 15) is 14.3 Å². The fourth-order valence-electron chi connectivity index (χ4n) is 2.88. The van der Waals surface area contributed by atoms with Crippen LogP contribution >= 0.6 is 0 Å². The first kappa shape index (κ1) is 22.8.